The first-order valence-electron chi connectivity index (χ1n) is 12.1. The van der Waals surface area contributed by atoms with Crippen molar-refractivity contribution in [1.82, 2.24) is 4.90 Å². The van der Waals surface area contributed by atoms with Gasteiger partial charge in [-0.2, -0.15) is 0 Å². The maximum atomic E-state index is 12.8. The molecule has 0 bridgehead atoms. The molecular weight excluding hydrogens is 422 g/mol. The molecule has 3 aromatic rings. The summed E-state index contributed by atoms with van der Waals surface area (Å²) in [4.78, 5) is 29.6. The second kappa shape index (κ2) is 10.6. The van der Waals surface area contributed by atoms with Crippen molar-refractivity contribution in [2.24, 2.45) is 0 Å². The molecule has 4 rings (SSSR count). The van der Waals surface area contributed by atoms with Crippen LogP contribution in [0, 0.1) is 0 Å². The maximum absolute atomic E-state index is 12.8. The van der Waals surface area contributed by atoms with Crippen molar-refractivity contribution >= 4 is 23.2 Å². The van der Waals surface area contributed by atoms with Gasteiger partial charge in [0.25, 0.3) is 11.8 Å². The number of hydrogen-bond donors (Lipinski definition) is 1. The number of aryl methyl sites for hydroxylation is 1. The summed E-state index contributed by atoms with van der Waals surface area (Å²) in [6, 6.07) is 23.6. The molecule has 1 aliphatic heterocycles. The Morgan fingerprint density at radius 2 is 1.38 bits per heavy atom. The van der Waals surface area contributed by atoms with Gasteiger partial charge in [0, 0.05) is 48.7 Å². The molecule has 1 heterocycles. The quantitative estimate of drug-likeness (QED) is 0.527. The molecule has 3 aromatic carbocycles. The van der Waals surface area contributed by atoms with E-state index >= 15 is 0 Å². The number of hydrogen-bond acceptors (Lipinski definition) is 3. The van der Waals surface area contributed by atoms with Crippen LogP contribution in [0.25, 0.3) is 0 Å². The molecule has 5 nitrogen and oxygen atoms in total. The fourth-order valence-corrected chi connectivity index (χ4v) is 4.21. The van der Waals surface area contributed by atoms with Crippen LogP contribution in [0.5, 0.6) is 0 Å². The van der Waals surface area contributed by atoms with Crippen LogP contribution in [-0.2, 0) is 6.42 Å². The van der Waals surface area contributed by atoms with Crippen LogP contribution in [-0.4, -0.2) is 42.9 Å². The summed E-state index contributed by atoms with van der Waals surface area (Å²) in [6.45, 7) is 9.35. The van der Waals surface area contributed by atoms with Crippen molar-refractivity contribution in [2.45, 2.75) is 33.1 Å². The van der Waals surface area contributed by atoms with Crippen molar-refractivity contribution in [3.05, 3.63) is 95.1 Å². The number of anilines is 2. The molecule has 0 saturated carbocycles. The van der Waals surface area contributed by atoms with Gasteiger partial charge in [0.15, 0.2) is 0 Å². The second-order valence-corrected chi connectivity index (χ2v) is 9.11. The lowest BCUT2D eigenvalue weighted by atomic mass is 10.0. The Morgan fingerprint density at radius 3 is 1.94 bits per heavy atom. The highest BCUT2D eigenvalue weighted by atomic mass is 16.2. The number of rotatable bonds is 6. The first kappa shape index (κ1) is 23.6. The minimum Gasteiger partial charge on any atom is -0.368 e. The Hall–Kier alpha value is -3.60. The molecule has 1 aliphatic rings. The lowest BCUT2D eigenvalue weighted by molar-refractivity contribution is 0.0746. The third kappa shape index (κ3) is 5.48. The van der Waals surface area contributed by atoms with Gasteiger partial charge in [0.2, 0.25) is 0 Å². The number of nitrogens with one attached hydrogen (secondary N) is 1. The molecule has 2 amide bonds. The summed E-state index contributed by atoms with van der Waals surface area (Å²) < 4.78 is 0. The van der Waals surface area contributed by atoms with Gasteiger partial charge < -0.3 is 15.1 Å². The van der Waals surface area contributed by atoms with Crippen LogP contribution < -0.4 is 10.2 Å². The van der Waals surface area contributed by atoms with E-state index in [0.717, 1.165) is 36.4 Å². The minimum atomic E-state index is -0.109. The Morgan fingerprint density at radius 1 is 0.794 bits per heavy atom. The van der Waals surface area contributed by atoms with E-state index in [-0.39, 0.29) is 11.8 Å². The molecule has 176 valence electrons. The molecule has 0 aliphatic carbocycles. The van der Waals surface area contributed by atoms with Gasteiger partial charge >= 0.3 is 0 Å². The fraction of sp³-hybridized carbons (Fsp3) is 0.310. The number of nitrogens with zero attached hydrogens (tertiary/aromatic N) is 2. The van der Waals surface area contributed by atoms with Gasteiger partial charge in [-0.25, -0.2) is 0 Å². The SMILES string of the molecule is CCc1ccc(C(=O)N2CCN(c3ccc(NC(=O)c4ccc(C(C)C)cc4)cc3)CC2)cc1. The average Bonchev–Trinajstić information content (AvgIpc) is 2.89. The van der Waals surface area contributed by atoms with E-state index in [1.165, 1.54) is 11.1 Å². The molecule has 0 unspecified atom stereocenters. The van der Waals surface area contributed by atoms with Crippen LogP contribution >= 0.6 is 0 Å². The van der Waals surface area contributed by atoms with Gasteiger partial charge in [-0.15, -0.1) is 0 Å². The first-order chi connectivity index (χ1) is 16.4. The smallest absolute Gasteiger partial charge is 0.255 e. The second-order valence-electron chi connectivity index (χ2n) is 9.11. The molecular formula is C29H33N3O2. The highest BCUT2D eigenvalue weighted by Gasteiger charge is 2.22. The average molecular weight is 456 g/mol. The van der Waals surface area contributed by atoms with Crippen molar-refractivity contribution < 1.29 is 9.59 Å². The van der Waals surface area contributed by atoms with Crippen LogP contribution in [0.15, 0.2) is 72.8 Å². The lowest BCUT2D eigenvalue weighted by Crippen LogP contribution is -2.48. The van der Waals surface area contributed by atoms with Gasteiger partial charge in [-0.1, -0.05) is 45.0 Å². The minimum absolute atomic E-state index is 0.0989. The normalized spacial score (nSPS) is 13.8. The number of carbonyl (C=O) groups excluding carboxylic acids is 2. The topological polar surface area (TPSA) is 52.7 Å². The van der Waals surface area contributed by atoms with Crippen molar-refractivity contribution in [1.29, 1.82) is 0 Å². The largest absolute Gasteiger partial charge is 0.368 e. The van der Waals surface area contributed by atoms with E-state index in [0.29, 0.717) is 24.6 Å². The van der Waals surface area contributed by atoms with E-state index in [2.05, 4.69) is 31.0 Å². The molecule has 0 aromatic heterocycles. The highest BCUT2D eigenvalue weighted by Crippen LogP contribution is 2.21. The van der Waals surface area contributed by atoms with Crippen molar-refractivity contribution in [2.75, 3.05) is 36.4 Å². The van der Waals surface area contributed by atoms with E-state index < -0.39 is 0 Å². The van der Waals surface area contributed by atoms with E-state index in [9.17, 15) is 9.59 Å². The fourth-order valence-electron chi connectivity index (χ4n) is 4.21. The van der Waals surface area contributed by atoms with E-state index in [4.69, 9.17) is 0 Å². The summed E-state index contributed by atoms with van der Waals surface area (Å²) in [5.41, 5.74) is 5.73. The molecule has 1 saturated heterocycles. The molecule has 34 heavy (non-hydrogen) atoms. The van der Waals surface area contributed by atoms with Crippen LogP contribution in [0.3, 0.4) is 0 Å². The number of benzene rings is 3. The van der Waals surface area contributed by atoms with Gasteiger partial charge in [-0.05, 0) is 72.0 Å². The monoisotopic (exact) mass is 455 g/mol. The Bertz CT molecular complexity index is 1110. The Kier molecular flexibility index (Phi) is 7.31. The maximum Gasteiger partial charge on any atom is 0.255 e. The van der Waals surface area contributed by atoms with Crippen LogP contribution in [0.1, 0.15) is 58.5 Å². The van der Waals surface area contributed by atoms with Gasteiger partial charge in [-0.3, -0.25) is 9.59 Å². The van der Waals surface area contributed by atoms with Gasteiger partial charge in [0.1, 0.15) is 0 Å². The standard InChI is InChI=1S/C29H33N3O2/c1-4-22-5-7-25(8-6-22)29(34)32-19-17-31(18-20-32)27-15-13-26(14-16-27)30-28(33)24-11-9-23(10-12-24)21(2)3/h5-16,21H,4,17-20H2,1-3H3,(H,30,33). The summed E-state index contributed by atoms with van der Waals surface area (Å²) in [6.07, 6.45) is 0.973. The summed E-state index contributed by atoms with van der Waals surface area (Å²) >= 11 is 0. The zero-order valence-corrected chi connectivity index (χ0v) is 20.3. The predicted octanol–water partition coefficient (Wildman–Crippen LogP) is 5.59. The Balaban J connectivity index is 1.31. The third-order valence-electron chi connectivity index (χ3n) is 6.51. The van der Waals surface area contributed by atoms with E-state index in [1.54, 1.807) is 0 Å². The molecule has 0 atom stereocenters. The Labute approximate surface area is 202 Å². The molecule has 5 heteroatoms. The zero-order valence-electron chi connectivity index (χ0n) is 20.3. The van der Waals surface area contributed by atoms with Crippen molar-refractivity contribution in [3.8, 4) is 0 Å². The van der Waals surface area contributed by atoms with Gasteiger partial charge in [0.05, 0.1) is 0 Å². The third-order valence-corrected chi connectivity index (χ3v) is 6.51. The molecule has 1 N–H and O–H groups in total. The number of carbonyl (C=O) groups is 2. The van der Waals surface area contributed by atoms with Crippen LogP contribution in [0.4, 0.5) is 11.4 Å². The zero-order chi connectivity index (χ0) is 24.1. The lowest BCUT2D eigenvalue weighted by Gasteiger charge is -2.36. The molecule has 0 spiro atoms. The molecule has 0 radical (unpaired) electrons. The van der Waals surface area contributed by atoms with Crippen molar-refractivity contribution in [3.63, 3.8) is 0 Å². The predicted molar refractivity (Wildman–Crippen MR) is 139 cm³/mol. The van der Waals surface area contributed by atoms with E-state index in [1.807, 2.05) is 77.7 Å². The summed E-state index contributed by atoms with van der Waals surface area (Å²) in [7, 11) is 0. The first-order valence-corrected chi connectivity index (χ1v) is 12.1. The van der Waals surface area contributed by atoms with Crippen LogP contribution in [0.2, 0.25) is 0 Å². The molecule has 1 fully saturated rings. The number of amides is 2. The summed E-state index contributed by atoms with van der Waals surface area (Å²) in [5.74, 6) is 0.431. The number of piperazine rings is 1. The highest BCUT2D eigenvalue weighted by molar-refractivity contribution is 6.04. The summed E-state index contributed by atoms with van der Waals surface area (Å²) in [5, 5.41) is 2.97.